The summed E-state index contributed by atoms with van der Waals surface area (Å²) in [5.74, 6) is -0.745. The van der Waals surface area contributed by atoms with Crippen LogP contribution in [0.25, 0.3) is 0 Å². The molecule has 0 aromatic heterocycles. The van der Waals surface area contributed by atoms with Crippen LogP contribution in [0.5, 0.6) is 0 Å². The fourth-order valence-electron chi connectivity index (χ4n) is 3.34. The van der Waals surface area contributed by atoms with Crippen molar-refractivity contribution in [3.63, 3.8) is 0 Å². The molecule has 0 spiro atoms. The van der Waals surface area contributed by atoms with Crippen molar-refractivity contribution in [3.8, 4) is 0 Å². The third-order valence-electron chi connectivity index (χ3n) is 4.87. The number of fused-ring (bicyclic) bond motifs is 1. The van der Waals surface area contributed by atoms with Gasteiger partial charge in [-0.05, 0) is 30.0 Å². The molecule has 8 heteroatoms. The molecule has 1 atom stereocenters. The number of nitro groups is 1. The highest BCUT2D eigenvalue weighted by atomic mass is 16.6. The summed E-state index contributed by atoms with van der Waals surface area (Å²) in [6.07, 6.45) is 0.464. The lowest BCUT2D eigenvalue weighted by Gasteiger charge is -2.34. The van der Waals surface area contributed by atoms with Crippen molar-refractivity contribution in [3.05, 3.63) is 69.3 Å². The van der Waals surface area contributed by atoms with Gasteiger partial charge in [-0.2, -0.15) is 0 Å². The van der Waals surface area contributed by atoms with Crippen LogP contribution < -0.4 is 5.32 Å². The lowest BCUT2D eigenvalue weighted by molar-refractivity contribution is -0.384. The van der Waals surface area contributed by atoms with Crippen LogP contribution in [0.1, 0.15) is 16.7 Å². The summed E-state index contributed by atoms with van der Waals surface area (Å²) in [6, 6.07) is 11.5. The number of non-ortho nitro benzene ring substituents is 1. The molecule has 0 saturated heterocycles. The number of nitrogens with one attached hydrogen (secondary N) is 1. The van der Waals surface area contributed by atoms with Crippen molar-refractivity contribution < 1.29 is 19.2 Å². The Morgan fingerprint density at radius 3 is 2.64 bits per heavy atom. The fourth-order valence-corrected chi connectivity index (χ4v) is 3.34. The number of nitro benzene ring substituents is 1. The van der Waals surface area contributed by atoms with E-state index in [0.29, 0.717) is 24.2 Å². The number of ether oxygens (including phenoxy) is 1. The number of amides is 1. The number of hydrogen-bond donors (Lipinski definition) is 1. The first kappa shape index (κ1) is 19.5. The Morgan fingerprint density at radius 1 is 1.25 bits per heavy atom. The van der Waals surface area contributed by atoms with Gasteiger partial charge in [0.25, 0.3) is 5.69 Å². The second-order valence-electron chi connectivity index (χ2n) is 6.72. The van der Waals surface area contributed by atoms with Gasteiger partial charge < -0.3 is 10.1 Å². The van der Waals surface area contributed by atoms with E-state index in [1.54, 1.807) is 17.9 Å². The summed E-state index contributed by atoms with van der Waals surface area (Å²) in [5.41, 5.74) is 3.12. The van der Waals surface area contributed by atoms with Crippen molar-refractivity contribution in [2.45, 2.75) is 25.9 Å². The zero-order valence-corrected chi connectivity index (χ0v) is 15.7. The Kier molecular flexibility index (Phi) is 5.70. The summed E-state index contributed by atoms with van der Waals surface area (Å²) in [5, 5.41) is 13.7. The summed E-state index contributed by atoms with van der Waals surface area (Å²) in [6.45, 7) is 2.17. The monoisotopic (exact) mass is 383 g/mol. The van der Waals surface area contributed by atoms with Crippen LogP contribution in [0.15, 0.2) is 42.5 Å². The predicted molar refractivity (Wildman–Crippen MR) is 103 cm³/mol. The molecule has 0 unspecified atom stereocenters. The molecule has 0 saturated carbocycles. The zero-order valence-electron chi connectivity index (χ0n) is 15.7. The molecule has 0 bridgehead atoms. The van der Waals surface area contributed by atoms with Gasteiger partial charge in [-0.1, -0.05) is 30.3 Å². The Balaban J connectivity index is 1.77. The van der Waals surface area contributed by atoms with Crippen LogP contribution >= 0.6 is 0 Å². The fraction of sp³-hybridized carbons (Fsp3) is 0.300. The third-order valence-corrected chi connectivity index (χ3v) is 4.87. The lowest BCUT2D eigenvalue weighted by atomic mass is 9.94. The predicted octanol–water partition coefficient (Wildman–Crippen LogP) is 2.44. The molecule has 2 aromatic carbocycles. The molecule has 1 amide bonds. The van der Waals surface area contributed by atoms with Crippen molar-refractivity contribution in [1.29, 1.82) is 0 Å². The molecule has 28 heavy (non-hydrogen) atoms. The number of rotatable bonds is 5. The number of hydrogen-bond acceptors (Lipinski definition) is 6. The molecule has 0 radical (unpaired) electrons. The molecule has 1 aliphatic rings. The molecule has 1 aliphatic heterocycles. The van der Waals surface area contributed by atoms with Crippen LogP contribution in [0, 0.1) is 17.0 Å². The minimum absolute atomic E-state index is 0.0315. The number of carbonyl (C=O) groups is 2. The topological polar surface area (TPSA) is 102 Å². The maximum absolute atomic E-state index is 12.6. The maximum atomic E-state index is 12.6. The molecule has 0 aliphatic carbocycles. The molecule has 8 nitrogen and oxygen atoms in total. The highest BCUT2D eigenvalue weighted by molar-refractivity contribution is 5.93. The van der Waals surface area contributed by atoms with Gasteiger partial charge >= 0.3 is 5.97 Å². The Morgan fingerprint density at radius 2 is 1.96 bits per heavy atom. The van der Waals surface area contributed by atoms with Crippen molar-refractivity contribution in [1.82, 2.24) is 4.90 Å². The summed E-state index contributed by atoms with van der Waals surface area (Å²) < 4.78 is 4.91. The Labute approximate surface area is 162 Å². The average Bonchev–Trinajstić information content (AvgIpc) is 2.68. The molecule has 2 aromatic rings. The van der Waals surface area contributed by atoms with E-state index in [4.69, 9.17) is 4.74 Å². The number of esters is 1. The van der Waals surface area contributed by atoms with E-state index in [2.05, 4.69) is 5.32 Å². The second-order valence-corrected chi connectivity index (χ2v) is 6.72. The van der Waals surface area contributed by atoms with E-state index in [9.17, 15) is 19.7 Å². The minimum atomic E-state index is -0.558. The maximum Gasteiger partial charge on any atom is 0.323 e. The normalized spacial score (nSPS) is 16.1. The molecule has 0 fully saturated rings. The average molecular weight is 383 g/mol. The van der Waals surface area contributed by atoms with Gasteiger partial charge in [0.15, 0.2) is 0 Å². The van der Waals surface area contributed by atoms with Crippen LogP contribution in [0.3, 0.4) is 0 Å². The standard InChI is InChI=1S/C20H21N3O5/c1-13-7-8-16(23(26)27)10-17(13)21-19(24)12-22-11-15-6-4-3-5-14(15)9-18(22)20(25)28-2/h3-8,10,18H,9,11-12H2,1-2H3,(H,21,24)/t18-/m1/s1. The van der Waals surface area contributed by atoms with Gasteiger partial charge in [-0.3, -0.25) is 24.6 Å². The number of carbonyl (C=O) groups excluding carboxylic acids is 2. The van der Waals surface area contributed by atoms with Crippen LogP contribution in [0.4, 0.5) is 11.4 Å². The van der Waals surface area contributed by atoms with Gasteiger partial charge in [0, 0.05) is 18.7 Å². The van der Waals surface area contributed by atoms with Crippen LogP contribution in [-0.2, 0) is 27.3 Å². The Hall–Kier alpha value is -3.26. The third kappa shape index (κ3) is 4.17. The molecular weight excluding hydrogens is 362 g/mol. The SMILES string of the molecule is COC(=O)[C@H]1Cc2ccccc2CN1CC(=O)Nc1cc([N+](=O)[O-])ccc1C. The first-order chi connectivity index (χ1) is 13.4. The van der Waals surface area contributed by atoms with E-state index < -0.39 is 16.9 Å². The van der Waals surface area contributed by atoms with E-state index in [1.165, 1.54) is 19.2 Å². The number of methoxy groups -OCH3 is 1. The zero-order chi connectivity index (χ0) is 20.3. The number of aryl methyl sites for hydroxylation is 1. The van der Waals surface area contributed by atoms with E-state index >= 15 is 0 Å². The largest absolute Gasteiger partial charge is 0.468 e. The highest BCUT2D eigenvalue weighted by Crippen LogP contribution is 2.25. The molecule has 1 heterocycles. The molecular formula is C20H21N3O5. The molecule has 1 N–H and O–H groups in total. The van der Waals surface area contributed by atoms with Gasteiger partial charge in [0.1, 0.15) is 6.04 Å². The van der Waals surface area contributed by atoms with Gasteiger partial charge in [0.2, 0.25) is 5.91 Å². The van der Waals surface area contributed by atoms with E-state index in [0.717, 1.165) is 11.1 Å². The molecule has 146 valence electrons. The first-order valence-electron chi connectivity index (χ1n) is 8.82. The second kappa shape index (κ2) is 8.18. The van der Waals surface area contributed by atoms with Crippen molar-refractivity contribution >= 4 is 23.3 Å². The van der Waals surface area contributed by atoms with Crippen molar-refractivity contribution in [2.75, 3.05) is 19.0 Å². The number of anilines is 1. The summed E-state index contributed by atoms with van der Waals surface area (Å²) in [4.78, 5) is 37.1. The van der Waals surface area contributed by atoms with Gasteiger partial charge in [0.05, 0.1) is 24.3 Å². The van der Waals surface area contributed by atoms with Gasteiger partial charge in [-0.25, -0.2) is 0 Å². The highest BCUT2D eigenvalue weighted by Gasteiger charge is 2.33. The number of nitrogens with zero attached hydrogens (tertiary/aromatic N) is 2. The van der Waals surface area contributed by atoms with Gasteiger partial charge in [-0.15, -0.1) is 0 Å². The van der Waals surface area contributed by atoms with Crippen molar-refractivity contribution in [2.24, 2.45) is 0 Å². The Bertz CT molecular complexity index is 928. The lowest BCUT2D eigenvalue weighted by Crippen LogP contribution is -2.49. The van der Waals surface area contributed by atoms with Crippen LogP contribution in [-0.4, -0.2) is 41.4 Å². The van der Waals surface area contributed by atoms with Crippen LogP contribution in [0.2, 0.25) is 0 Å². The summed E-state index contributed by atoms with van der Waals surface area (Å²) in [7, 11) is 1.33. The molecule has 3 rings (SSSR count). The quantitative estimate of drug-likeness (QED) is 0.483. The van der Waals surface area contributed by atoms with E-state index in [1.807, 2.05) is 24.3 Å². The first-order valence-corrected chi connectivity index (χ1v) is 8.82. The smallest absolute Gasteiger partial charge is 0.323 e. The van der Waals surface area contributed by atoms with E-state index in [-0.39, 0.29) is 18.1 Å². The summed E-state index contributed by atoms with van der Waals surface area (Å²) >= 11 is 0. The number of benzene rings is 2. The minimum Gasteiger partial charge on any atom is -0.468 e.